The zero-order valence-corrected chi connectivity index (χ0v) is 7.29. The number of carbonyl (C=O) groups excluding carboxylic acids is 1. The first-order valence-electron chi connectivity index (χ1n) is 3.07. The normalized spacial score (nSPS) is 15.1. The quantitative estimate of drug-likeness (QED) is 0.556. The third-order valence-electron chi connectivity index (χ3n) is 1.48. The van der Waals surface area contributed by atoms with Crippen LogP contribution in [0.25, 0.3) is 0 Å². The van der Waals surface area contributed by atoms with Gasteiger partial charge in [-0.25, -0.2) is 0 Å². The van der Waals surface area contributed by atoms with E-state index in [0.717, 1.165) is 5.62 Å². The van der Waals surface area contributed by atoms with Crippen molar-refractivity contribution in [3.05, 3.63) is 0 Å². The molecule has 0 saturated carbocycles. The van der Waals surface area contributed by atoms with Crippen LogP contribution in [0.4, 0.5) is 0 Å². The van der Waals surface area contributed by atoms with Gasteiger partial charge >= 0.3 is 0 Å². The smallest absolute Gasteiger partial charge is 0.176 e. The van der Waals surface area contributed by atoms with E-state index in [9.17, 15) is 4.79 Å². The number of rotatable bonds is 2. The van der Waals surface area contributed by atoms with Crippen molar-refractivity contribution in [3.8, 4) is 0 Å². The summed E-state index contributed by atoms with van der Waals surface area (Å²) in [4.78, 5) is 10.0. The second-order valence-electron chi connectivity index (χ2n) is 3.24. The molecule has 0 bridgehead atoms. The van der Waals surface area contributed by atoms with Crippen LogP contribution in [0, 0.1) is 5.41 Å². The molecule has 0 saturated heterocycles. The van der Waals surface area contributed by atoms with Crippen LogP contribution in [-0.4, -0.2) is 10.9 Å². The highest BCUT2D eigenvalue weighted by Crippen LogP contribution is 2.27. The van der Waals surface area contributed by atoms with Crippen LogP contribution in [0.3, 0.4) is 0 Å². The first-order valence-corrected chi connectivity index (χ1v) is 4.02. The van der Waals surface area contributed by atoms with Crippen LogP contribution in [-0.2, 0) is 4.79 Å². The van der Waals surface area contributed by atoms with Crippen molar-refractivity contribution in [2.75, 3.05) is 0 Å². The van der Waals surface area contributed by atoms with E-state index >= 15 is 0 Å². The van der Waals surface area contributed by atoms with Gasteiger partial charge in [0.1, 0.15) is 0 Å². The van der Waals surface area contributed by atoms with Crippen LogP contribution < -0.4 is 0 Å². The van der Waals surface area contributed by atoms with E-state index in [2.05, 4.69) is 27.7 Å². The molecule has 0 aliphatic heterocycles. The van der Waals surface area contributed by atoms with E-state index in [1.807, 2.05) is 0 Å². The fourth-order valence-corrected chi connectivity index (χ4v) is 0.862. The average molecular weight is 146 g/mol. The van der Waals surface area contributed by atoms with E-state index in [-0.39, 0.29) is 5.41 Å². The molecule has 2 heteroatoms. The number of thioether (sulfide) groups is 1. The zero-order chi connectivity index (χ0) is 7.49. The summed E-state index contributed by atoms with van der Waals surface area (Å²) in [6.07, 6.45) is 0. The minimum Gasteiger partial charge on any atom is -0.291 e. The zero-order valence-electron chi connectivity index (χ0n) is 6.47. The molecular formula is C7H14OS. The highest BCUT2D eigenvalue weighted by Gasteiger charge is 2.19. The van der Waals surface area contributed by atoms with Gasteiger partial charge in [-0.1, -0.05) is 39.5 Å². The fourth-order valence-electron chi connectivity index (χ4n) is 0.287. The van der Waals surface area contributed by atoms with Crippen LogP contribution >= 0.6 is 11.8 Å². The maximum absolute atomic E-state index is 10.0. The Morgan fingerprint density at radius 1 is 1.44 bits per heavy atom. The molecule has 0 N–H and O–H groups in total. The Kier molecular flexibility index (Phi) is 3.26. The summed E-state index contributed by atoms with van der Waals surface area (Å²) in [5.74, 6) is 0. The minimum absolute atomic E-state index is 0.242. The van der Waals surface area contributed by atoms with Gasteiger partial charge in [0.15, 0.2) is 5.62 Å². The maximum atomic E-state index is 10.0. The molecule has 9 heavy (non-hydrogen) atoms. The highest BCUT2D eigenvalue weighted by molar-refractivity contribution is 8.12. The molecule has 0 rings (SSSR count). The summed E-state index contributed by atoms with van der Waals surface area (Å²) in [5, 5.41) is 0.412. The predicted molar refractivity (Wildman–Crippen MR) is 43.3 cm³/mol. The van der Waals surface area contributed by atoms with Crippen molar-refractivity contribution < 1.29 is 4.79 Å². The van der Waals surface area contributed by atoms with Crippen molar-refractivity contribution in [2.45, 2.75) is 32.9 Å². The lowest BCUT2D eigenvalue weighted by Gasteiger charge is -2.24. The van der Waals surface area contributed by atoms with E-state index in [0.29, 0.717) is 5.25 Å². The standard InChI is InChI=1S/C7H14OS/c1-6(9-5-8)7(2,3)4/h5-6H,1-4H3. The monoisotopic (exact) mass is 146 g/mol. The lowest BCUT2D eigenvalue weighted by Crippen LogP contribution is -2.19. The van der Waals surface area contributed by atoms with Gasteiger partial charge in [-0.05, 0) is 5.41 Å². The molecule has 0 aliphatic carbocycles. The van der Waals surface area contributed by atoms with E-state index in [1.165, 1.54) is 11.8 Å². The van der Waals surface area contributed by atoms with E-state index in [4.69, 9.17) is 0 Å². The number of hydrogen-bond acceptors (Lipinski definition) is 2. The molecule has 1 atom stereocenters. The molecule has 0 aromatic heterocycles. The van der Waals surface area contributed by atoms with Crippen molar-refractivity contribution >= 4 is 17.4 Å². The third kappa shape index (κ3) is 3.57. The van der Waals surface area contributed by atoms with Crippen molar-refractivity contribution in [1.29, 1.82) is 0 Å². The largest absolute Gasteiger partial charge is 0.291 e. The SMILES string of the molecule is CC(SC=O)C(C)(C)C. The van der Waals surface area contributed by atoms with Crippen LogP contribution in [0.5, 0.6) is 0 Å². The molecule has 0 amide bonds. The maximum Gasteiger partial charge on any atom is 0.176 e. The second-order valence-corrected chi connectivity index (χ2v) is 4.41. The molecule has 0 spiro atoms. The Morgan fingerprint density at radius 2 is 1.89 bits per heavy atom. The molecule has 0 fully saturated rings. The number of carbonyl (C=O) groups is 1. The van der Waals surface area contributed by atoms with Gasteiger partial charge < -0.3 is 0 Å². The molecular weight excluding hydrogens is 132 g/mol. The fraction of sp³-hybridized carbons (Fsp3) is 0.857. The Balaban J connectivity index is 3.72. The molecule has 0 aromatic rings. The van der Waals surface area contributed by atoms with Crippen molar-refractivity contribution in [2.24, 2.45) is 5.41 Å². The molecule has 0 heterocycles. The third-order valence-corrected chi connectivity index (χ3v) is 2.71. The Hall–Kier alpha value is 0.0200. The lowest BCUT2D eigenvalue weighted by atomic mass is 9.93. The first-order chi connectivity index (χ1) is 3.98. The predicted octanol–water partition coefficient (Wildman–Crippen LogP) is 2.34. The van der Waals surface area contributed by atoms with Gasteiger partial charge in [-0.2, -0.15) is 0 Å². The van der Waals surface area contributed by atoms with Gasteiger partial charge in [0, 0.05) is 5.25 Å². The summed E-state index contributed by atoms with van der Waals surface area (Å²) in [6.45, 7) is 8.47. The Labute approximate surface area is 61.2 Å². The molecule has 0 aliphatic rings. The number of hydrogen-bond donors (Lipinski definition) is 0. The summed E-state index contributed by atoms with van der Waals surface area (Å²) >= 11 is 1.36. The van der Waals surface area contributed by atoms with E-state index in [1.54, 1.807) is 0 Å². The molecule has 0 radical (unpaired) electrons. The summed E-state index contributed by atoms with van der Waals surface area (Å²) in [6, 6.07) is 0. The molecule has 54 valence electrons. The molecule has 1 nitrogen and oxygen atoms in total. The Morgan fingerprint density at radius 3 is 2.00 bits per heavy atom. The summed E-state index contributed by atoms with van der Waals surface area (Å²) in [5.41, 5.74) is 1.15. The molecule has 1 unspecified atom stereocenters. The van der Waals surface area contributed by atoms with Gasteiger partial charge in [0.2, 0.25) is 0 Å². The van der Waals surface area contributed by atoms with Gasteiger partial charge in [0.25, 0.3) is 0 Å². The van der Waals surface area contributed by atoms with Crippen molar-refractivity contribution in [3.63, 3.8) is 0 Å². The second kappa shape index (κ2) is 3.25. The lowest BCUT2D eigenvalue weighted by molar-refractivity contribution is 0.411. The minimum atomic E-state index is 0.242. The van der Waals surface area contributed by atoms with Gasteiger partial charge in [-0.3, -0.25) is 4.79 Å². The van der Waals surface area contributed by atoms with E-state index < -0.39 is 0 Å². The molecule has 0 aromatic carbocycles. The van der Waals surface area contributed by atoms with Crippen LogP contribution in [0.1, 0.15) is 27.7 Å². The Bertz CT molecular complexity index is 93.6. The first kappa shape index (κ1) is 9.02. The van der Waals surface area contributed by atoms with Crippen LogP contribution in [0.15, 0.2) is 0 Å². The summed E-state index contributed by atoms with van der Waals surface area (Å²) in [7, 11) is 0. The summed E-state index contributed by atoms with van der Waals surface area (Å²) < 4.78 is 0. The average Bonchev–Trinajstić information content (AvgIpc) is 1.64. The van der Waals surface area contributed by atoms with Gasteiger partial charge in [-0.15, -0.1) is 0 Å². The van der Waals surface area contributed by atoms with Gasteiger partial charge in [0.05, 0.1) is 0 Å². The topological polar surface area (TPSA) is 17.1 Å². The highest BCUT2D eigenvalue weighted by atomic mass is 32.2. The van der Waals surface area contributed by atoms with Crippen LogP contribution in [0.2, 0.25) is 0 Å². The van der Waals surface area contributed by atoms with Crippen molar-refractivity contribution in [1.82, 2.24) is 0 Å².